The van der Waals surface area contributed by atoms with Crippen molar-refractivity contribution in [3.05, 3.63) is 0 Å². The van der Waals surface area contributed by atoms with Crippen LogP contribution >= 0.6 is 0 Å². The molecule has 12 N–H and O–H groups in total. The Kier molecular flexibility index (Phi) is 16.9. The molecule has 0 bridgehead atoms. The van der Waals surface area contributed by atoms with Gasteiger partial charge < -0.3 is 44.0 Å². The van der Waals surface area contributed by atoms with Gasteiger partial charge in [0.05, 0.1) is 6.04 Å². The lowest BCUT2D eigenvalue weighted by atomic mass is 9.96. The summed E-state index contributed by atoms with van der Waals surface area (Å²) in [7, 11) is 0. The van der Waals surface area contributed by atoms with Crippen LogP contribution in [0.2, 0.25) is 0 Å². The molecule has 0 aromatic carbocycles. The maximum atomic E-state index is 13.3. The van der Waals surface area contributed by atoms with Crippen molar-refractivity contribution in [2.24, 2.45) is 39.8 Å². The summed E-state index contributed by atoms with van der Waals surface area (Å²) in [5.74, 6) is -3.39. The highest BCUT2D eigenvalue weighted by Crippen LogP contribution is 2.12. The van der Waals surface area contributed by atoms with Gasteiger partial charge in [-0.25, -0.2) is 4.79 Å². The summed E-state index contributed by atoms with van der Waals surface area (Å²) < 4.78 is 0. The molecule has 0 heterocycles. The van der Waals surface area contributed by atoms with E-state index in [4.69, 9.17) is 22.9 Å². The first-order chi connectivity index (χ1) is 17.4. The van der Waals surface area contributed by atoms with Crippen LogP contribution < -0.4 is 38.9 Å². The fourth-order valence-corrected chi connectivity index (χ4v) is 3.57. The maximum Gasteiger partial charge on any atom is 0.326 e. The summed E-state index contributed by atoms with van der Waals surface area (Å²) in [6, 6.07) is -3.88. The maximum absolute atomic E-state index is 13.3. The Labute approximate surface area is 219 Å². The van der Waals surface area contributed by atoms with Crippen LogP contribution in [0.1, 0.15) is 72.6 Å². The van der Waals surface area contributed by atoms with Crippen molar-refractivity contribution in [2.45, 2.75) is 96.8 Å². The number of carbonyl (C=O) groups excluding carboxylic acids is 3. The number of hydrogen-bond acceptors (Lipinski definition) is 7. The van der Waals surface area contributed by atoms with Gasteiger partial charge >= 0.3 is 5.97 Å². The number of carboxylic acid groups (broad SMARTS) is 1. The number of nitrogens with two attached hydrogens (primary N) is 4. The molecule has 0 saturated carbocycles. The summed E-state index contributed by atoms with van der Waals surface area (Å²) in [4.78, 5) is 54.5. The van der Waals surface area contributed by atoms with E-state index in [1.54, 1.807) is 6.92 Å². The number of carboxylic acids is 1. The zero-order valence-electron chi connectivity index (χ0n) is 22.7. The normalized spacial score (nSPS) is 15.8. The predicted octanol–water partition coefficient (Wildman–Crippen LogP) is -0.872. The number of carbonyl (C=O) groups is 4. The molecule has 0 rings (SSSR count). The molecule has 3 amide bonds. The van der Waals surface area contributed by atoms with E-state index in [1.165, 1.54) is 0 Å². The molecular formula is C24H48N8O5. The molecule has 0 saturated heterocycles. The largest absolute Gasteiger partial charge is 0.480 e. The molecule has 0 aromatic heterocycles. The summed E-state index contributed by atoms with van der Waals surface area (Å²) in [6.07, 6.45) is 3.38. The van der Waals surface area contributed by atoms with E-state index < -0.39 is 47.9 Å². The standard InChI is InChI=1S/C24H48N8O5/c1-5-14(3)18(31-20(33)16(26)10-9-13-29-24(27)28)22(35)30-17(11-7-8-12-25)21(34)32-19(23(36)37)15(4)6-2/h14-19H,5-13,25-26H2,1-4H3,(H,30,35)(H,31,33)(H,32,34)(H,36,37)(H4,27,28,29). The first-order valence-corrected chi connectivity index (χ1v) is 13.0. The van der Waals surface area contributed by atoms with E-state index in [1.807, 2.05) is 20.8 Å². The Hall–Kier alpha value is -2.93. The molecule has 0 spiro atoms. The predicted molar refractivity (Wildman–Crippen MR) is 143 cm³/mol. The zero-order chi connectivity index (χ0) is 28.5. The van der Waals surface area contributed by atoms with Crippen molar-refractivity contribution >= 4 is 29.7 Å². The van der Waals surface area contributed by atoms with Gasteiger partial charge in [0.15, 0.2) is 5.96 Å². The smallest absolute Gasteiger partial charge is 0.326 e. The lowest BCUT2D eigenvalue weighted by molar-refractivity contribution is -0.144. The number of guanidine groups is 1. The molecule has 0 radical (unpaired) electrons. The summed E-state index contributed by atoms with van der Waals surface area (Å²) in [6.45, 7) is 7.99. The van der Waals surface area contributed by atoms with Gasteiger partial charge in [-0.1, -0.05) is 40.5 Å². The molecule has 0 aliphatic carbocycles. The van der Waals surface area contributed by atoms with E-state index in [-0.39, 0.29) is 24.2 Å². The van der Waals surface area contributed by atoms with Crippen LogP contribution in [0.5, 0.6) is 0 Å². The molecule has 37 heavy (non-hydrogen) atoms. The average Bonchev–Trinajstić information content (AvgIpc) is 2.85. The molecule has 0 aliphatic rings. The van der Waals surface area contributed by atoms with Crippen LogP contribution in [0.25, 0.3) is 0 Å². The van der Waals surface area contributed by atoms with Crippen molar-refractivity contribution in [3.8, 4) is 0 Å². The third-order valence-corrected chi connectivity index (χ3v) is 6.45. The molecule has 0 aromatic rings. The van der Waals surface area contributed by atoms with Gasteiger partial charge in [-0.15, -0.1) is 0 Å². The lowest BCUT2D eigenvalue weighted by Crippen LogP contribution is -2.59. The number of aliphatic carboxylic acids is 1. The minimum Gasteiger partial charge on any atom is -0.480 e. The molecule has 0 aliphatic heterocycles. The minimum absolute atomic E-state index is 0.0459. The second-order valence-corrected chi connectivity index (χ2v) is 9.48. The van der Waals surface area contributed by atoms with Crippen LogP contribution in [0, 0.1) is 11.8 Å². The monoisotopic (exact) mass is 528 g/mol. The molecule has 13 heteroatoms. The van der Waals surface area contributed by atoms with Gasteiger partial charge in [0.25, 0.3) is 0 Å². The SMILES string of the molecule is CCC(C)C(NC(=O)C(CCCCN)NC(=O)C(NC(=O)C(N)CCCN=C(N)N)C(C)CC)C(=O)O. The Morgan fingerprint density at radius 1 is 0.811 bits per heavy atom. The van der Waals surface area contributed by atoms with Crippen molar-refractivity contribution in [2.75, 3.05) is 13.1 Å². The number of unbranched alkanes of at least 4 members (excludes halogenated alkanes) is 1. The van der Waals surface area contributed by atoms with Gasteiger partial charge in [-0.05, 0) is 50.5 Å². The number of amides is 3. The van der Waals surface area contributed by atoms with E-state index in [0.29, 0.717) is 51.6 Å². The highest BCUT2D eigenvalue weighted by molar-refractivity contribution is 5.94. The molecular weight excluding hydrogens is 480 g/mol. The van der Waals surface area contributed by atoms with Crippen LogP contribution in [0.4, 0.5) is 0 Å². The molecule has 6 unspecified atom stereocenters. The van der Waals surface area contributed by atoms with Gasteiger partial charge in [0.1, 0.15) is 18.1 Å². The number of nitrogens with zero attached hydrogens (tertiary/aromatic N) is 1. The third kappa shape index (κ3) is 13.3. The summed E-state index contributed by atoms with van der Waals surface area (Å²) >= 11 is 0. The highest BCUT2D eigenvalue weighted by Gasteiger charge is 2.33. The van der Waals surface area contributed by atoms with Gasteiger partial charge in [0, 0.05) is 6.54 Å². The summed E-state index contributed by atoms with van der Waals surface area (Å²) in [5, 5.41) is 17.5. The fraction of sp³-hybridized carbons (Fsp3) is 0.792. The number of rotatable bonds is 19. The Balaban J connectivity index is 5.51. The van der Waals surface area contributed by atoms with Crippen molar-refractivity contribution in [1.82, 2.24) is 16.0 Å². The Morgan fingerprint density at radius 2 is 1.38 bits per heavy atom. The van der Waals surface area contributed by atoms with E-state index in [9.17, 15) is 24.3 Å². The van der Waals surface area contributed by atoms with Gasteiger partial charge in [-0.2, -0.15) is 0 Å². The Morgan fingerprint density at radius 3 is 1.89 bits per heavy atom. The molecule has 6 atom stereocenters. The topological polar surface area (TPSA) is 241 Å². The zero-order valence-corrected chi connectivity index (χ0v) is 22.7. The van der Waals surface area contributed by atoms with Crippen LogP contribution in [0.15, 0.2) is 4.99 Å². The van der Waals surface area contributed by atoms with Gasteiger partial charge in [0.2, 0.25) is 17.7 Å². The summed E-state index contributed by atoms with van der Waals surface area (Å²) in [5.41, 5.74) is 22.1. The molecule has 214 valence electrons. The van der Waals surface area contributed by atoms with Gasteiger partial charge in [-0.3, -0.25) is 19.4 Å². The first kappa shape index (κ1) is 34.1. The van der Waals surface area contributed by atoms with Crippen LogP contribution in [-0.2, 0) is 19.2 Å². The molecule has 13 nitrogen and oxygen atoms in total. The van der Waals surface area contributed by atoms with Crippen LogP contribution in [0.3, 0.4) is 0 Å². The Bertz CT molecular complexity index is 759. The van der Waals surface area contributed by atoms with E-state index in [0.717, 1.165) is 0 Å². The second kappa shape index (κ2) is 18.3. The van der Waals surface area contributed by atoms with E-state index in [2.05, 4.69) is 20.9 Å². The quantitative estimate of drug-likeness (QED) is 0.0589. The number of hydrogen-bond donors (Lipinski definition) is 8. The molecule has 0 fully saturated rings. The highest BCUT2D eigenvalue weighted by atomic mass is 16.4. The minimum atomic E-state index is -1.15. The van der Waals surface area contributed by atoms with Crippen LogP contribution in [-0.4, -0.2) is 72.0 Å². The lowest BCUT2D eigenvalue weighted by Gasteiger charge is -2.28. The fourth-order valence-electron chi connectivity index (χ4n) is 3.57. The number of aliphatic imine (C=N–C) groups is 1. The van der Waals surface area contributed by atoms with Crippen molar-refractivity contribution in [1.29, 1.82) is 0 Å². The van der Waals surface area contributed by atoms with Crippen molar-refractivity contribution < 1.29 is 24.3 Å². The van der Waals surface area contributed by atoms with E-state index >= 15 is 0 Å². The second-order valence-electron chi connectivity index (χ2n) is 9.48. The number of nitrogens with one attached hydrogen (secondary N) is 3. The first-order valence-electron chi connectivity index (χ1n) is 13.0. The average molecular weight is 529 g/mol. The third-order valence-electron chi connectivity index (χ3n) is 6.45. The van der Waals surface area contributed by atoms with Crippen molar-refractivity contribution in [3.63, 3.8) is 0 Å².